The van der Waals surface area contributed by atoms with Gasteiger partial charge < -0.3 is 14.4 Å². The Bertz CT molecular complexity index is 1210. The van der Waals surface area contributed by atoms with Crippen molar-refractivity contribution in [1.82, 2.24) is 4.98 Å². The summed E-state index contributed by atoms with van der Waals surface area (Å²) >= 11 is 0. The van der Waals surface area contributed by atoms with Crippen LogP contribution in [0.25, 0.3) is 21.9 Å². The van der Waals surface area contributed by atoms with Gasteiger partial charge in [-0.1, -0.05) is 32.0 Å². The first kappa shape index (κ1) is 28.5. The molecule has 0 N–H and O–H groups in total. The minimum atomic E-state index is -0.517. The van der Waals surface area contributed by atoms with Crippen molar-refractivity contribution in [2.75, 3.05) is 24.6 Å². The molecule has 5 nitrogen and oxygen atoms in total. The Hall–Kier alpha value is -3.10. The molecule has 0 bridgehead atoms. The SMILES string of the molecule is CC.CC(C)(C)OCCC(C)(C)Oc1nccc(-c2ccc3cc(N4CCCCC4)ccc3c2)c1C#N. The molecule has 0 atom stereocenters. The lowest BCUT2D eigenvalue weighted by atomic mass is 9.98. The summed E-state index contributed by atoms with van der Waals surface area (Å²) in [5.41, 5.74) is 2.86. The van der Waals surface area contributed by atoms with Gasteiger partial charge in [0, 0.05) is 37.0 Å². The minimum Gasteiger partial charge on any atom is -0.471 e. The van der Waals surface area contributed by atoms with Crippen LogP contribution in [0.2, 0.25) is 0 Å². The highest BCUT2D eigenvalue weighted by atomic mass is 16.5. The molecule has 0 unspecified atom stereocenters. The fourth-order valence-electron chi connectivity index (χ4n) is 4.53. The molecule has 0 saturated carbocycles. The third-order valence-electron chi connectivity index (χ3n) is 6.50. The predicted molar refractivity (Wildman–Crippen MR) is 154 cm³/mol. The summed E-state index contributed by atoms with van der Waals surface area (Å²) in [7, 11) is 0. The smallest absolute Gasteiger partial charge is 0.232 e. The normalized spacial score (nSPS) is 14.1. The van der Waals surface area contributed by atoms with Crippen molar-refractivity contribution in [2.45, 2.75) is 85.4 Å². The van der Waals surface area contributed by atoms with Gasteiger partial charge in [0.05, 0.1) is 12.2 Å². The van der Waals surface area contributed by atoms with Crippen molar-refractivity contribution in [1.29, 1.82) is 5.26 Å². The zero-order valence-corrected chi connectivity index (χ0v) is 23.7. The Morgan fingerprint density at radius 1 is 0.919 bits per heavy atom. The summed E-state index contributed by atoms with van der Waals surface area (Å²) in [6.07, 6.45) is 6.27. The second kappa shape index (κ2) is 12.4. The van der Waals surface area contributed by atoms with Crippen molar-refractivity contribution >= 4 is 16.5 Å². The van der Waals surface area contributed by atoms with Crippen LogP contribution in [0.1, 0.15) is 79.7 Å². The number of hydrogen-bond donors (Lipinski definition) is 0. The summed E-state index contributed by atoms with van der Waals surface area (Å²) in [4.78, 5) is 6.89. The van der Waals surface area contributed by atoms with Gasteiger partial charge in [-0.25, -0.2) is 4.98 Å². The van der Waals surface area contributed by atoms with Crippen LogP contribution in [0, 0.1) is 11.3 Å². The van der Waals surface area contributed by atoms with E-state index < -0.39 is 5.60 Å². The maximum atomic E-state index is 10.0. The number of aromatic nitrogens is 1. The molecule has 1 aromatic heterocycles. The van der Waals surface area contributed by atoms with E-state index in [1.807, 2.05) is 54.5 Å². The van der Waals surface area contributed by atoms with Crippen LogP contribution in [0.5, 0.6) is 5.88 Å². The van der Waals surface area contributed by atoms with Gasteiger partial charge in [-0.3, -0.25) is 0 Å². The molecular weight excluding hydrogens is 458 g/mol. The second-order valence-corrected chi connectivity index (χ2v) is 11.0. The zero-order valence-electron chi connectivity index (χ0n) is 23.7. The van der Waals surface area contributed by atoms with Gasteiger partial charge in [0.25, 0.3) is 0 Å². The lowest BCUT2D eigenvalue weighted by Crippen LogP contribution is -2.32. The van der Waals surface area contributed by atoms with Gasteiger partial charge >= 0.3 is 0 Å². The number of nitrogens with zero attached hydrogens (tertiary/aromatic N) is 3. The van der Waals surface area contributed by atoms with Crippen molar-refractivity contribution in [3.05, 3.63) is 54.2 Å². The highest BCUT2D eigenvalue weighted by Gasteiger charge is 2.25. The van der Waals surface area contributed by atoms with Gasteiger partial charge in [-0.2, -0.15) is 5.26 Å². The number of piperidine rings is 1. The van der Waals surface area contributed by atoms with E-state index in [0.29, 0.717) is 24.5 Å². The van der Waals surface area contributed by atoms with Gasteiger partial charge in [-0.15, -0.1) is 0 Å². The number of nitriles is 1. The molecular formula is C32H43N3O2. The van der Waals surface area contributed by atoms with E-state index in [2.05, 4.69) is 52.4 Å². The van der Waals surface area contributed by atoms with Crippen LogP contribution < -0.4 is 9.64 Å². The van der Waals surface area contributed by atoms with E-state index in [-0.39, 0.29) is 5.60 Å². The Balaban J connectivity index is 0.00000186. The van der Waals surface area contributed by atoms with Gasteiger partial charge in [-0.05, 0) is 94.5 Å². The number of fused-ring (bicyclic) bond motifs is 1. The fraction of sp³-hybridized carbons (Fsp3) is 0.500. The van der Waals surface area contributed by atoms with Gasteiger partial charge in [0.2, 0.25) is 5.88 Å². The molecule has 1 aliphatic rings. The topological polar surface area (TPSA) is 58.4 Å². The number of anilines is 1. The molecule has 1 aliphatic heterocycles. The average Bonchev–Trinajstić information content (AvgIpc) is 2.88. The first-order valence-electron chi connectivity index (χ1n) is 13.7. The number of ether oxygens (including phenoxy) is 2. The van der Waals surface area contributed by atoms with Crippen LogP contribution in [0.3, 0.4) is 0 Å². The predicted octanol–water partition coefficient (Wildman–Crippen LogP) is 8.15. The molecule has 37 heavy (non-hydrogen) atoms. The van der Waals surface area contributed by atoms with Crippen molar-refractivity contribution in [3.63, 3.8) is 0 Å². The van der Waals surface area contributed by atoms with Gasteiger partial charge in [0.1, 0.15) is 17.2 Å². The minimum absolute atomic E-state index is 0.198. The molecule has 3 aromatic rings. The number of benzene rings is 2. The van der Waals surface area contributed by atoms with E-state index in [9.17, 15) is 5.26 Å². The van der Waals surface area contributed by atoms with Crippen molar-refractivity contribution in [2.24, 2.45) is 0 Å². The zero-order chi connectivity index (χ0) is 27.1. The summed E-state index contributed by atoms with van der Waals surface area (Å²) < 4.78 is 12.1. The third kappa shape index (κ3) is 7.69. The quantitative estimate of drug-likeness (QED) is 0.327. The lowest BCUT2D eigenvalue weighted by molar-refractivity contribution is -0.0300. The Labute approximate surface area is 223 Å². The average molecular weight is 502 g/mol. The van der Waals surface area contributed by atoms with E-state index in [1.54, 1.807) is 6.20 Å². The van der Waals surface area contributed by atoms with Crippen LogP contribution in [-0.2, 0) is 4.74 Å². The van der Waals surface area contributed by atoms with Crippen molar-refractivity contribution < 1.29 is 9.47 Å². The fourth-order valence-corrected chi connectivity index (χ4v) is 4.53. The monoisotopic (exact) mass is 501 g/mol. The molecule has 5 heteroatoms. The third-order valence-corrected chi connectivity index (χ3v) is 6.50. The molecule has 2 heterocycles. The molecule has 0 radical (unpaired) electrons. The Morgan fingerprint density at radius 2 is 1.59 bits per heavy atom. The molecule has 0 aliphatic carbocycles. The first-order valence-corrected chi connectivity index (χ1v) is 13.7. The summed E-state index contributed by atoms with van der Waals surface area (Å²) in [6, 6.07) is 17.3. The van der Waals surface area contributed by atoms with E-state index in [4.69, 9.17) is 9.47 Å². The largest absolute Gasteiger partial charge is 0.471 e. The number of pyridine rings is 1. The summed E-state index contributed by atoms with van der Waals surface area (Å²) in [5, 5.41) is 12.4. The first-order chi connectivity index (χ1) is 17.6. The maximum Gasteiger partial charge on any atom is 0.232 e. The Morgan fingerprint density at radius 3 is 2.27 bits per heavy atom. The molecule has 198 valence electrons. The molecule has 0 spiro atoms. The summed E-state index contributed by atoms with van der Waals surface area (Å²) in [5.74, 6) is 0.367. The lowest BCUT2D eigenvalue weighted by Gasteiger charge is -2.29. The van der Waals surface area contributed by atoms with Crippen LogP contribution >= 0.6 is 0 Å². The van der Waals surface area contributed by atoms with Gasteiger partial charge in [0.15, 0.2) is 0 Å². The number of hydrogen-bond acceptors (Lipinski definition) is 5. The standard InChI is InChI=1S/C30H37N3O2.C2H6/c1-29(2,3)34-18-14-30(4,5)35-28-27(21-31)26(13-15-32-28)24-10-9-23-20-25(12-11-22(23)19-24)33-16-7-6-8-17-33;1-2/h9-13,15,19-20H,6-8,14,16-18H2,1-5H3;1-2H3. The van der Waals surface area contributed by atoms with E-state index >= 15 is 0 Å². The molecule has 1 fully saturated rings. The van der Waals surface area contributed by atoms with Crippen LogP contribution in [0.15, 0.2) is 48.7 Å². The van der Waals surface area contributed by atoms with E-state index in [1.165, 1.54) is 30.3 Å². The molecule has 1 saturated heterocycles. The van der Waals surface area contributed by atoms with Crippen LogP contribution in [-0.4, -0.2) is 35.9 Å². The maximum absolute atomic E-state index is 10.0. The highest BCUT2D eigenvalue weighted by molar-refractivity contribution is 5.90. The highest BCUT2D eigenvalue weighted by Crippen LogP contribution is 2.34. The molecule has 0 amide bonds. The summed E-state index contributed by atoms with van der Waals surface area (Å²) in [6.45, 7) is 17.0. The second-order valence-electron chi connectivity index (χ2n) is 11.0. The Kier molecular flexibility index (Phi) is 9.56. The number of rotatable bonds is 7. The van der Waals surface area contributed by atoms with E-state index in [0.717, 1.165) is 29.6 Å². The van der Waals surface area contributed by atoms with Crippen LogP contribution in [0.4, 0.5) is 5.69 Å². The van der Waals surface area contributed by atoms with Crippen molar-refractivity contribution in [3.8, 4) is 23.1 Å². The molecule has 4 rings (SSSR count). The molecule has 2 aromatic carbocycles.